The van der Waals surface area contributed by atoms with Crippen molar-refractivity contribution in [2.45, 2.75) is 12.3 Å². The van der Waals surface area contributed by atoms with Gasteiger partial charge in [0, 0.05) is 12.3 Å². The van der Waals surface area contributed by atoms with Crippen LogP contribution in [0.5, 0.6) is 0 Å². The Hall–Kier alpha value is -5.93. The molecule has 0 amide bonds. The average Bonchev–Trinajstić information content (AvgIpc) is 3.66. The van der Waals surface area contributed by atoms with E-state index >= 15 is 0 Å². The van der Waals surface area contributed by atoms with Crippen LogP contribution in [-0.4, -0.2) is 14.0 Å². The highest BCUT2D eigenvalue weighted by Crippen LogP contribution is 2.38. The Morgan fingerprint density at radius 1 is 0.522 bits per heavy atom. The molecule has 1 unspecified atom stereocenters. The van der Waals surface area contributed by atoms with E-state index in [1.165, 1.54) is 50.3 Å². The minimum Gasteiger partial charge on any atom is -0.282 e. The molecule has 6 aromatic carbocycles. The average molecular weight is 590 g/mol. The number of hydrogen-bond acceptors (Lipinski definition) is 1. The Bertz CT molecular complexity index is 2310. The Morgan fingerprint density at radius 2 is 1.09 bits per heavy atom. The lowest BCUT2D eigenvalue weighted by Crippen LogP contribution is -2.10. The highest BCUT2D eigenvalue weighted by Gasteiger charge is 2.27. The third-order valence-electron chi connectivity index (χ3n) is 9.27. The lowest BCUT2D eigenvalue weighted by atomic mass is 9.89. The smallest absolute Gasteiger partial charge is 0.220 e. The summed E-state index contributed by atoms with van der Waals surface area (Å²) in [6.45, 7) is 0. The van der Waals surface area contributed by atoms with Crippen LogP contribution in [-0.2, 0) is 6.42 Å². The van der Waals surface area contributed by atoms with E-state index in [1.807, 2.05) is 0 Å². The van der Waals surface area contributed by atoms with E-state index in [0.717, 1.165) is 28.9 Å². The monoisotopic (exact) mass is 589 g/mol. The van der Waals surface area contributed by atoms with E-state index in [2.05, 4.69) is 179 Å². The molecule has 0 spiro atoms. The number of allylic oxidation sites excluding steroid dienone is 1. The van der Waals surface area contributed by atoms with E-state index in [1.54, 1.807) is 0 Å². The zero-order chi connectivity index (χ0) is 30.5. The lowest BCUT2D eigenvalue weighted by molar-refractivity contribution is 0.780. The molecular formula is C43H31N3. The van der Waals surface area contributed by atoms with Crippen molar-refractivity contribution in [2.75, 3.05) is 0 Å². The van der Waals surface area contributed by atoms with E-state index in [9.17, 15) is 0 Å². The van der Waals surface area contributed by atoms with Gasteiger partial charge in [0.15, 0.2) is 0 Å². The molecule has 0 saturated heterocycles. The lowest BCUT2D eigenvalue weighted by Gasteiger charge is -2.20. The van der Waals surface area contributed by atoms with Gasteiger partial charge in [0.05, 0.1) is 28.1 Å². The molecule has 1 aliphatic carbocycles. The molecule has 3 nitrogen and oxygen atoms in total. The fourth-order valence-electron chi connectivity index (χ4n) is 7.02. The molecule has 1 atom stereocenters. The van der Waals surface area contributed by atoms with Crippen LogP contribution in [0.1, 0.15) is 22.9 Å². The molecule has 0 saturated carbocycles. The Kier molecular flexibility index (Phi) is 6.27. The fourth-order valence-corrected chi connectivity index (χ4v) is 7.02. The molecule has 2 heterocycles. The molecular weight excluding hydrogens is 558 g/mol. The summed E-state index contributed by atoms with van der Waals surface area (Å²) in [5.74, 6) is 1.22. The van der Waals surface area contributed by atoms with Crippen LogP contribution >= 0.6 is 0 Å². The minimum atomic E-state index is 0.286. The molecule has 218 valence electrons. The Labute approximate surface area is 268 Å². The van der Waals surface area contributed by atoms with Gasteiger partial charge in [-0.2, -0.15) is 0 Å². The molecule has 0 radical (unpaired) electrons. The van der Waals surface area contributed by atoms with E-state index < -0.39 is 0 Å². The maximum absolute atomic E-state index is 5.38. The van der Waals surface area contributed by atoms with Gasteiger partial charge in [0.25, 0.3) is 0 Å². The summed E-state index contributed by atoms with van der Waals surface area (Å²) in [6, 6.07) is 56.4. The predicted octanol–water partition coefficient (Wildman–Crippen LogP) is 10.6. The van der Waals surface area contributed by atoms with Crippen molar-refractivity contribution >= 4 is 22.9 Å². The molecule has 9 rings (SSSR count). The summed E-state index contributed by atoms with van der Waals surface area (Å²) >= 11 is 0. The summed E-state index contributed by atoms with van der Waals surface area (Å²) in [5.41, 5.74) is 14.2. The molecule has 1 aliphatic rings. The maximum Gasteiger partial charge on any atom is 0.220 e. The first-order valence-corrected chi connectivity index (χ1v) is 15.9. The SMILES string of the molecule is C1=CC(c2ccccc2)Cc2c1n1c3ccc(-c4ccccc4)cc3nc1n2-c1cc(-c2ccccc2)cc(-c2ccccc2)c1. The molecule has 0 bridgehead atoms. The second-order valence-corrected chi connectivity index (χ2v) is 12.1. The van der Waals surface area contributed by atoms with Gasteiger partial charge in [-0.1, -0.05) is 133 Å². The number of fused-ring (bicyclic) bond motifs is 5. The third kappa shape index (κ3) is 4.48. The summed E-state index contributed by atoms with van der Waals surface area (Å²) in [5, 5.41) is 0. The number of aromatic nitrogens is 3. The third-order valence-corrected chi connectivity index (χ3v) is 9.27. The van der Waals surface area contributed by atoms with Crippen molar-refractivity contribution in [3.05, 3.63) is 181 Å². The topological polar surface area (TPSA) is 22.2 Å². The zero-order valence-corrected chi connectivity index (χ0v) is 25.3. The van der Waals surface area contributed by atoms with Gasteiger partial charge in [-0.25, -0.2) is 4.98 Å². The van der Waals surface area contributed by atoms with Crippen LogP contribution in [0.15, 0.2) is 164 Å². The number of rotatable bonds is 5. The van der Waals surface area contributed by atoms with Crippen LogP contribution in [0.4, 0.5) is 0 Å². The van der Waals surface area contributed by atoms with E-state index in [-0.39, 0.29) is 5.92 Å². The summed E-state index contributed by atoms with van der Waals surface area (Å²) < 4.78 is 4.77. The molecule has 2 aromatic heterocycles. The van der Waals surface area contributed by atoms with Crippen molar-refractivity contribution < 1.29 is 0 Å². The Morgan fingerprint density at radius 3 is 1.70 bits per heavy atom. The van der Waals surface area contributed by atoms with Crippen molar-refractivity contribution in [3.8, 4) is 39.1 Å². The van der Waals surface area contributed by atoms with Gasteiger partial charge >= 0.3 is 0 Å². The number of nitrogens with zero attached hydrogens (tertiary/aromatic N) is 3. The molecule has 3 heteroatoms. The molecule has 0 fully saturated rings. The van der Waals surface area contributed by atoms with Crippen molar-refractivity contribution in [1.82, 2.24) is 14.0 Å². The highest BCUT2D eigenvalue weighted by atomic mass is 15.2. The van der Waals surface area contributed by atoms with Crippen molar-refractivity contribution in [3.63, 3.8) is 0 Å². The van der Waals surface area contributed by atoms with E-state index in [0.29, 0.717) is 0 Å². The molecule has 0 N–H and O–H groups in total. The van der Waals surface area contributed by atoms with Gasteiger partial charge in [0.2, 0.25) is 5.78 Å². The quantitative estimate of drug-likeness (QED) is 0.196. The van der Waals surface area contributed by atoms with Crippen LogP contribution in [0.25, 0.3) is 62.0 Å². The predicted molar refractivity (Wildman–Crippen MR) is 190 cm³/mol. The first-order valence-electron chi connectivity index (χ1n) is 15.9. The van der Waals surface area contributed by atoms with Crippen molar-refractivity contribution in [2.24, 2.45) is 0 Å². The van der Waals surface area contributed by atoms with Crippen LogP contribution in [0.3, 0.4) is 0 Å². The maximum atomic E-state index is 5.38. The van der Waals surface area contributed by atoms with Crippen molar-refractivity contribution in [1.29, 1.82) is 0 Å². The summed E-state index contributed by atoms with van der Waals surface area (Å²) in [4.78, 5) is 5.38. The normalized spacial score (nSPS) is 14.1. The van der Waals surface area contributed by atoms with Crippen LogP contribution in [0, 0.1) is 0 Å². The highest BCUT2D eigenvalue weighted by molar-refractivity contribution is 5.88. The van der Waals surface area contributed by atoms with Gasteiger partial charge < -0.3 is 0 Å². The standard InChI is InChI=1S/C43H31N3/c1-5-13-30(14-6-1)34-21-23-40-39(28-34)44-43-45(42-29-35(22-24-41(42)46(40)43)31-15-7-2-8-16-31)38-26-36(32-17-9-3-10-18-32)25-37(27-38)33-19-11-4-12-20-33/h1-28,35H,29H2. The van der Waals surface area contributed by atoms with Crippen LogP contribution < -0.4 is 0 Å². The van der Waals surface area contributed by atoms with Gasteiger partial charge in [-0.15, -0.1) is 0 Å². The second-order valence-electron chi connectivity index (χ2n) is 12.1. The molecule has 0 aliphatic heterocycles. The van der Waals surface area contributed by atoms with E-state index in [4.69, 9.17) is 4.98 Å². The molecule has 8 aromatic rings. The number of hydrogen-bond donors (Lipinski definition) is 0. The first kappa shape index (κ1) is 26.5. The largest absolute Gasteiger partial charge is 0.282 e. The van der Waals surface area contributed by atoms with Gasteiger partial charge in [0.1, 0.15) is 0 Å². The van der Waals surface area contributed by atoms with Gasteiger partial charge in [-0.05, 0) is 75.4 Å². The first-order chi connectivity index (χ1) is 22.8. The zero-order valence-electron chi connectivity index (χ0n) is 25.3. The van der Waals surface area contributed by atoms with Crippen LogP contribution in [0.2, 0.25) is 0 Å². The fraction of sp³-hybridized carbons (Fsp3) is 0.0465. The minimum absolute atomic E-state index is 0.286. The number of imidazole rings is 2. The second kappa shape index (κ2) is 10.9. The summed E-state index contributed by atoms with van der Waals surface area (Å²) in [7, 11) is 0. The molecule has 46 heavy (non-hydrogen) atoms. The Balaban J connectivity index is 1.31. The number of benzene rings is 6. The summed E-state index contributed by atoms with van der Waals surface area (Å²) in [6.07, 6.45) is 5.56. The van der Waals surface area contributed by atoms with Gasteiger partial charge in [-0.3, -0.25) is 8.97 Å².